The van der Waals surface area contributed by atoms with E-state index in [0.717, 1.165) is 36.5 Å². The van der Waals surface area contributed by atoms with Crippen LogP contribution in [-0.4, -0.2) is 36.6 Å². The summed E-state index contributed by atoms with van der Waals surface area (Å²) in [5.74, 6) is 1.91. The standard InChI is InChI=1S/C10H14O3S/c11-10(8-2-1-3-12-6-8)9-7-14-5-4-13-9/h6,9H,1-5,7H2. The van der Waals surface area contributed by atoms with Crippen LogP contribution in [-0.2, 0) is 14.3 Å². The predicted molar refractivity (Wildman–Crippen MR) is 55.3 cm³/mol. The molecule has 0 amide bonds. The van der Waals surface area contributed by atoms with Crippen molar-refractivity contribution in [3.05, 3.63) is 11.8 Å². The molecule has 2 aliphatic heterocycles. The second-order valence-corrected chi connectivity index (χ2v) is 4.57. The molecule has 4 heteroatoms. The number of Topliss-reactive ketones (excluding diaryl/α,β-unsaturated/α-hetero) is 1. The molecule has 0 aromatic carbocycles. The van der Waals surface area contributed by atoms with Gasteiger partial charge in [0.2, 0.25) is 0 Å². The van der Waals surface area contributed by atoms with Gasteiger partial charge in [-0.3, -0.25) is 4.79 Å². The quantitative estimate of drug-likeness (QED) is 0.695. The molecule has 0 aromatic heterocycles. The van der Waals surface area contributed by atoms with Crippen molar-refractivity contribution >= 4 is 17.5 Å². The fourth-order valence-corrected chi connectivity index (χ4v) is 2.43. The minimum absolute atomic E-state index is 0.122. The molecule has 1 fully saturated rings. The average Bonchev–Trinajstić information content (AvgIpc) is 2.30. The van der Waals surface area contributed by atoms with E-state index in [0.29, 0.717) is 6.61 Å². The highest BCUT2D eigenvalue weighted by atomic mass is 32.2. The van der Waals surface area contributed by atoms with Gasteiger partial charge in [0, 0.05) is 17.1 Å². The van der Waals surface area contributed by atoms with E-state index in [2.05, 4.69) is 0 Å². The van der Waals surface area contributed by atoms with Crippen LogP contribution in [0.3, 0.4) is 0 Å². The molecule has 0 aromatic rings. The van der Waals surface area contributed by atoms with Crippen LogP contribution in [0.5, 0.6) is 0 Å². The lowest BCUT2D eigenvalue weighted by atomic mass is 10.0. The minimum atomic E-state index is -0.235. The van der Waals surface area contributed by atoms with E-state index in [1.54, 1.807) is 18.0 Å². The summed E-state index contributed by atoms with van der Waals surface area (Å²) in [6, 6.07) is 0. The molecule has 1 unspecified atom stereocenters. The third-order valence-electron chi connectivity index (χ3n) is 2.36. The normalized spacial score (nSPS) is 27.7. The molecule has 0 aliphatic carbocycles. The lowest BCUT2D eigenvalue weighted by molar-refractivity contribution is -0.125. The number of hydrogen-bond acceptors (Lipinski definition) is 4. The first-order valence-corrected chi connectivity index (χ1v) is 6.07. The Labute approximate surface area is 87.8 Å². The second kappa shape index (κ2) is 4.84. The Morgan fingerprint density at radius 2 is 2.43 bits per heavy atom. The fraction of sp³-hybridized carbons (Fsp3) is 0.700. The molecule has 14 heavy (non-hydrogen) atoms. The van der Waals surface area contributed by atoms with Crippen molar-refractivity contribution in [3.63, 3.8) is 0 Å². The number of carbonyl (C=O) groups is 1. The van der Waals surface area contributed by atoms with Crippen molar-refractivity contribution in [1.29, 1.82) is 0 Å². The SMILES string of the molecule is O=C(C1=COCCC1)C1CSCCO1. The van der Waals surface area contributed by atoms with Gasteiger partial charge in [0.15, 0.2) is 5.78 Å². The Kier molecular flexibility index (Phi) is 3.48. The summed E-state index contributed by atoms with van der Waals surface area (Å²) in [5, 5.41) is 0. The van der Waals surface area contributed by atoms with Crippen molar-refractivity contribution in [2.24, 2.45) is 0 Å². The van der Waals surface area contributed by atoms with Gasteiger partial charge in [-0.1, -0.05) is 0 Å². The highest BCUT2D eigenvalue weighted by Crippen LogP contribution is 2.20. The zero-order valence-electron chi connectivity index (χ0n) is 8.03. The molecule has 2 aliphatic rings. The van der Waals surface area contributed by atoms with E-state index in [9.17, 15) is 4.79 Å². The van der Waals surface area contributed by atoms with Gasteiger partial charge in [0.05, 0.1) is 19.5 Å². The Hall–Kier alpha value is -0.480. The van der Waals surface area contributed by atoms with E-state index in [1.807, 2.05) is 0 Å². The van der Waals surface area contributed by atoms with Gasteiger partial charge < -0.3 is 9.47 Å². The maximum absolute atomic E-state index is 11.9. The van der Waals surface area contributed by atoms with Crippen LogP contribution >= 0.6 is 11.8 Å². The summed E-state index contributed by atoms with van der Waals surface area (Å²) in [6.07, 6.45) is 3.15. The summed E-state index contributed by atoms with van der Waals surface area (Å²) in [5.41, 5.74) is 0.795. The summed E-state index contributed by atoms with van der Waals surface area (Å²) in [4.78, 5) is 11.9. The van der Waals surface area contributed by atoms with E-state index in [1.165, 1.54) is 0 Å². The van der Waals surface area contributed by atoms with Gasteiger partial charge in [0.1, 0.15) is 6.10 Å². The summed E-state index contributed by atoms with van der Waals surface area (Å²) in [7, 11) is 0. The fourth-order valence-electron chi connectivity index (χ4n) is 1.59. The largest absolute Gasteiger partial charge is 0.501 e. The Morgan fingerprint density at radius 1 is 1.50 bits per heavy atom. The zero-order valence-corrected chi connectivity index (χ0v) is 8.85. The molecule has 0 N–H and O–H groups in total. The molecule has 2 heterocycles. The molecule has 78 valence electrons. The highest BCUT2D eigenvalue weighted by Gasteiger charge is 2.26. The van der Waals surface area contributed by atoms with E-state index in [-0.39, 0.29) is 11.9 Å². The molecule has 0 spiro atoms. The molecule has 2 rings (SSSR count). The molecule has 0 bridgehead atoms. The van der Waals surface area contributed by atoms with Crippen molar-refractivity contribution in [1.82, 2.24) is 0 Å². The predicted octanol–water partition coefficient (Wildman–Crippen LogP) is 1.38. The van der Waals surface area contributed by atoms with Gasteiger partial charge in [-0.15, -0.1) is 0 Å². The summed E-state index contributed by atoms with van der Waals surface area (Å²) < 4.78 is 10.6. The maximum Gasteiger partial charge on any atom is 0.191 e. The number of carbonyl (C=O) groups excluding carboxylic acids is 1. The van der Waals surface area contributed by atoms with Crippen LogP contribution in [0.1, 0.15) is 12.8 Å². The van der Waals surface area contributed by atoms with Crippen LogP contribution in [0.2, 0.25) is 0 Å². The van der Waals surface area contributed by atoms with Crippen LogP contribution in [0.15, 0.2) is 11.8 Å². The van der Waals surface area contributed by atoms with Crippen molar-refractivity contribution in [2.45, 2.75) is 18.9 Å². The Balaban J connectivity index is 1.95. The Bertz CT molecular complexity index is 244. The minimum Gasteiger partial charge on any atom is -0.501 e. The number of thioether (sulfide) groups is 1. The van der Waals surface area contributed by atoms with Crippen molar-refractivity contribution in [2.75, 3.05) is 24.7 Å². The van der Waals surface area contributed by atoms with Gasteiger partial charge >= 0.3 is 0 Å². The second-order valence-electron chi connectivity index (χ2n) is 3.42. The van der Waals surface area contributed by atoms with E-state index in [4.69, 9.17) is 9.47 Å². The smallest absolute Gasteiger partial charge is 0.191 e. The first-order valence-electron chi connectivity index (χ1n) is 4.92. The monoisotopic (exact) mass is 214 g/mol. The van der Waals surface area contributed by atoms with E-state index >= 15 is 0 Å². The summed E-state index contributed by atoms with van der Waals surface area (Å²) >= 11 is 1.78. The lowest BCUT2D eigenvalue weighted by Crippen LogP contribution is -2.33. The van der Waals surface area contributed by atoms with Gasteiger partial charge in [-0.05, 0) is 12.8 Å². The van der Waals surface area contributed by atoms with Gasteiger partial charge in [-0.25, -0.2) is 0 Å². The van der Waals surface area contributed by atoms with Crippen molar-refractivity contribution in [3.8, 4) is 0 Å². The average molecular weight is 214 g/mol. The third-order valence-corrected chi connectivity index (χ3v) is 3.35. The van der Waals surface area contributed by atoms with E-state index < -0.39 is 0 Å². The first kappa shape index (κ1) is 10.1. The topological polar surface area (TPSA) is 35.5 Å². The number of hydrogen-bond donors (Lipinski definition) is 0. The number of rotatable bonds is 2. The molecule has 1 saturated heterocycles. The molecule has 1 atom stereocenters. The van der Waals surface area contributed by atoms with Crippen LogP contribution in [0.25, 0.3) is 0 Å². The van der Waals surface area contributed by atoms with Crippen LogP contribution in [0.4, 0.5) is 0 Å². The van der Waals surface area contributed by atoms with Crippen LogP contribution in [0, 0.1) is 0 Å². The van der Waals surface area contributed by atoms with Crippen molar-refractivity contribution < 1.29 is 14.3 Å². The number of ether oxygens (including phenoxy) is 2. The van der Waals surface area contributed by atoms with Gasteiger partial charge in [0.25, 0.3) is 0 Å². The maximum atomic E-state index is 11.9. The van der Waals surface area contributed by atoms with Gasteiger partial charge in [-0.2, -0.15) is 11.8 Å². The number of ketones is 1. The molecular formula is C10H14O3S. The van der Waals surface area contributed by atoms with Crippen LogP contribution < -0.4 is 0 Å². The molecule has 0 saturated carbocycles. The highest BCUT2D eigenvalue weighted by molar-refractivity contribution is 7.99. The molecular weight excluding hydrogens is 200 g/mol. The first-order chi connectivity index (χ1) is 6.88. The lowest BCUT2D eigenvalue weighted by Gasteiger charge is -2.23. The zero-order chi connectivity index (χ0) is 9.80. The third kappa shape index (κ3) is 2.30. The molecule has 3 nitrogen and oxygen atoms in total. The Morgan fingerprint density at radius 3 is 3.07 bits per heavy atom. The summed E-state index contributed by atoms with van der Waals surface area (Å²) in [6.45, 7) is 1.42. The molecule has 0 radical (unpaired) electrons.